The van der Waals surface area contributed by atoms with Crippen molar-refractivity contribution in [1.82, 2.24) is 14.7 Å². The Hall–Kier alpha value is -2.82. The molecule has 5 heteroatoms. The van der Waals surface area contributed by atoms with Gasteiger partial charge < -0.3 is 9.32 Å². The summed E-state index contributed by atoms with van der Waals surface area (Å²) in [6.07, 6.45) is 2.95. The molecule has 0 atom stereocenters. The number of hydrogen-bond acceptors (Lipinski definition) is 3. The summed E-state index contributed by atoms with van der Waals surface area (Å²) in [4.78, 5) is 14.7. The molecular weight excluding hydrogens is 326 g/mol. The number of aryl methyl sites for hydroxylation is 2. The summed E-state index contributed by atoms with van der Waals surface area (Å²) >= 11 is 0. The first-order chi connectivity index (χ1) is 12.5. The Morgan fingerprint density at radius 1 is 1.15 bits per heavy atom. The van der Waals surface area contributed by atoms with E-state index in [0.717, 1.165) is 42.0 Å². The molecule has 1 aliphatic carbocycles. The van der Waals surface area contributed by atoms with Crippen molar-refractivity contribution >= 4 is 5.91 Å². The van der Waals surface area contributed by atoms with Crippen molar-refractivity contribution in [3.05, 3.63) is 70.4 Å². The van der Waals surface area contributed by atoms with Gasteiger partial charge in [-0.05, 0) is 57.4 Å². The van der Waals surface area contributed by atoms with Crippen molar-refractivity contribution in [2.75, 3.05) is 7.05 Å². The summed E-state index contributed by atoms with van der Waals surface area (Å²) in [5, 5.41) is 4.69. The molecule has 0 radical (unpaired) electrons. The molecule has 0 N–H and O–H groups in total. The fourth-order valence-electron chi connectivity index (χ4n) is 3.57. The number of benzene rings is 1. The summed E-state index contributed by atoms with van der Waals surface area (Å²) in [6.45, 7) is 4.41. The minimum atomic E-state index is -0.0527. The van der Waals surface area contributed by atoms with Crippen LogP contribution in [-0.2, 0) is 19.4 Å². The van der Waals surface area contributed by atoms with Crippen molar-refractivity contribution in [2.45, 2.75) is 39.7 Å². The fraction of sp³-hybridized carbons (Fsp3) is 0.333. The minimum Gasteiger partial charge on any atom is -0.464 e. The SMILES string of the molecule is Cc1ccc(-n2nc(C(=O)N(C)Cc3ccc(C)o3)c3c2CCC3)cc1. The topological polar surface area (TPSA) is 51.3 Å². The Morgan fingerprint density at radius 3 is 2.62 bits per heavy atom. The van der Waals surface area contributed by atoms with Crippen LogP contribution in [0.3, 0.4) is 0 Å². The van der Waals surface area contributed by atoms with Crippen LogP contribution in [0.1, 0.15) is 45.3 Å². The Balaban J connectivity index is 1.65. The van der Waals surface area contributed by atoms with Crippen LogP contribution in [-0.4, -0.2) is 27.6 Å². The van der Waals surface area contributed by atoms with Crippen LogP contribution in [0, 0.1) is 13.8 Å². The molecule has 0 unspecified atom stereocenters. The lowest BCUT2D eigenvalue weighted by Crippen LogP contribution is -2.27. The van der Waals surface area contributed by atoms with Gasteiger partial charge >= 0.3 is 0 Å². The number of carbonyl (C=O) groups excluding carboxylic acids is 1. The summed E-state index contributed by atoms with van der Waals surface area (Å²) in [6, 6.07) is 12.1. The van der Waals surface area contributed by atoms with Gasteiger partial charge in [0, 0.05) is 18.3 Å². The maximum Gasteiger partial charge on any atom is 0.274 e. The van der Waals surface area contributed by atoms with E-state index in [4.69, 9.17) is 9.52 Å². The van der Waals surface area contributed by atoms with Crippen LogP contribution in [0.2, 0.25) is 0 Å². The van der Waals surface area contributed by atoms with Crippen molar-refractivity contribution in [1.29, 1.82) is 0 Å². The number of fused-ring (bicyclic) bond motifs is 1. The highest BCUT2D eigenvalue weighted by molar-refractivity contribution is 5.94. The van der Waals surface area contributed by atoms with Crippen LogP contribution in [0.15, 0.2) is 40.8 Å². The highest BCUT2D eigenvalue weighted by Crippen LogP contribution is 2.28. The third kappa shape index (κ3) is 2.94. The molecule has 0 fully saturated rings. The molecule has 26 heavy (non-hydrogen) atoms. The molecule has 2 heterocycles. The summed E-state index contributed by atoms with van der Waals surface area (Å²) in [7, 11) is 1.80. The summed E-state index contributed by atoms with van der Waals surface area (Å²) in [5.41, 5.74) is 5.06. The molecule has 0 saturated heterocycles. The van der Waals surface area contributed by atoms with Gasteiger partial charge in [-0.2, -0.15) is 5.10 Å². The minimum absolute atomic E-state index is 0.0527. The van der Waals surface area contributed by atoms with E-state index in [1.807, 2.05) is 23.7 Å². The average molecular weight is 349 g/mol. The van der Waals surface area contributed by atoms with Crippen LogP contribution < -0.4 is 0 Å². The summed E-state index contributed by atoms with van der Waals surface area (Å²) in [5.74, 6) is 1.58. The molecule has 1 aromatic carbocycles. The van der Waals surface area contributed by atoms with Gasteiger partial charge in [-0.1, -0.05) is 17.7 Å². The highest BCUT2D eigenvalue weighted by atomic mass is 16.3. The van der Waals surface area contributed by atoms with E-state index >= 15 is 0 Å². The van der Waals surface area contributed by atoms with E-state index in [0.29, 0.717) is 12.2 Å². The number of nitrogens with zero attached hydrogens (tertiary/aromatic N) is 3. The van der Waals surface area contributed by atoms with Gasteiger partial charge in [0.1, 0.15) is 11.5 Å². The molecule has 3 aromatic rings. The molecule has 0 aliphatic heterocycles. The standard InChI is InChI=1S/C21H23N3O2/c1-14-7-10-16(11-8-14)24-19-6-4-5-18(19)20(22-24)21(25)23(3)13-17-12-9-15(2)26-17/h7-12H,4-6,13H2,1-3H3. The largest absolute Gasteiger partial charge is 0.464 e. The Labute approximate surface area is 153 Å². The zero-order chi connectivity index (χ0) is 18.3. The normalized spacial score (nSPS) is 13.0. The van der Waals surface area contributed by atoms with Gasteiger partial charge in [0.25, 0.3) is 5.91 Å². The van der Waals surface area contributed by atoms with Gasteiger partial charge in [-0.3, -0.25) is 4.79 Å². The molecule has 0 saturated carbocycles. The van der Waals surface area contributed by atoms with Crippen molar-refractivity contribution < 1.29 is 9.21 Å². The number of furan rings is 1. The number of carbonyl (C=O) groups is 1. The monoisotopic (exact) mass is 349 g/mol. The first kappa shape index (κ1) is 16.6. The predicted molar refractivity (Wildman–Crippen MR) is 99.6 cm³/mol. The summed E-state index contributed by atoms with van der Waals surface area (Å²) < 4.78 is 7.54. The lowest BCUT2D eigenvalue weighted by atomic mass is 10.2. The molecule has 4 rings (SSSR count). The van der Waals surface area contributed by atoms with Crippen LogP contribution >= 0.6 is 0 Å². The van der Waals surface area contributed by atoms with E-state index in [1.165, 1.54) is 11.3 Å². The third-order valence-corrected chi connectivity index (χ3v) is 4.95. The number of amides is 1. The zero-order valence-corrected chi connectivity index (χ0v) is 15.5. The average Bonchev–Trinajstić information content (AvgIpc) is 3.32. The van der Waals surface area contributed by atoms with Gasteiger partial charge in [0.15, 0.2) is 5.69 Å². The van der Waals surface area contributed by atoms with Crippen molar-refractivity contribution in [3.8, 4) is 5.69 Å². The van der Waals surface area contributed by atoms with E-state index in [1.54, 1.807) is 11.9 Å². The number of hydrogen-bond donors (Lipinski definition) is 0. The molecular formula is C21H23N3O2. The molecule has 1 amide bonds. The fourth-order valence-corrected chi connectivity index (χ4v) is 3.57. The zero-order valence-electron chi connectivity index (χ0n) is 15.5. The van der Waals surface area contributed by atoms with Crippen molar-refractivity contribution in [2.24, 2.45) is 0 Å². The van der Waals surface area contributed by atoms with E-state index in [-0.39, 0.29) is 5.91 Å². The van der Waals surface area contributed by atoms with Gasteiger partial charge in [0.2, 0.25) is 0 Å². The molecule has 1 aliphatic rings. The molecule has 0 bridgehead atoms. The highest BCUT2D eigenvalue weighted by Gasteiger charge is 2.28. The van der Waals surface area contributed by atoms with E-state index < -0.39 is 0 Å². The quantitative estimate of drug-likeness (QED) is 0.719. The lowest BCUT2D eigenvalue weighted by Gasteiger charge is -2.15. The number of rotatable bonds is 4. The van der Waals surface area contributed by atoms with E-state index in [9.17, 15) is 4.79 Å². The number of aromatic nitrogens is 2. The first-order valence-corrected chi connectivity index (χ1v) is 9.01. The second-order valence-corrected chi connectivity index (χ2v) is 7.05. The maximum absolute atomic E-state index is 13.0. The molecule has 134 valence electrons. The Bertz CT molecular complexity index is 950. The van der Waals surface area contributed by atoms with Crippen LogP contribution in [0.5, 0.6) is 0 Å². The van der Waals surface area contributed by atoms with Gasteiger partial charge in [0.05, 0.1) is 12.2 Å². The smallest absolute Gasteiger partial charge is 0.274 e. The lowest BCUT2D eigenvalue weighted by molar-refractivity contribution is 0.0767. The van der Waals surface area contributed by atoms with Crippen molar-refractivity contribution in [3.63, 3.8) is 0 Å². The maximum atomic E-state index is 13.0. The van der Waals surface area contributed by atoms with Crippen LogP contribution in [0.4, 0.5) is 0 Å². The third-order valence-electron chi connectivity index (χ3n) is 4.95. The molecule has 5 nitrogen and oxygen atoms in total. The Kier molecular flexibility index (Phi) is 4.15. The second kappa shape index (κ2) is 6.48. The van der Waals surface area contributed by atoms with Gasteiger partial charge in [-0.15, -0.1) is 0 Å². The Morgan fingerprint density at radius 2 is 1.92 bits per heavy atom. The molecule has 0 spiro atoms. The van der Waals surface area contributed by atoms with Gasteiger partial charge in [-0.25, -0.2) is 4.68 Å². The van der Waals surface area contributed by atoms with E-state index in [2.05, 4.69) is 31.2 Å². The molecule has 2 aromatic heterocycles. The predicted octanol–water partition coefficient (Wildman–Crippen LogP) is 3.84. The van der Waals surface area contributed by atoms with Crippen LogP contribution in [0.25, 0.3) is 5.69 Å². The second-order valence-electron chi connectivity index (χ2n) is 7.05. The first-order valence-electron chi connectivity index (χ1n) is 9.01.